The van der Waals surface area contributed by atoms with Crippen LogP contribution in [-0.2, 0) is 6.54 Å². The summed E-state index contributed by atoms with van der Waals surface area (Å²) < 4.78 is 0. The predicted molar refractivity (Wildman–Crippen MR) is 76.7 cm³/mol. The lowest BCUT2D eigenvalue weighted by Gasteiger charge is -2.23. The number of anilines is 1. The monoisotopic (exact) mass is 250 g/mol. The maximum atomic E-state index is 5.94. The highest BCUT2D eigenvalue weighted by Gasteiger charge is 2.21. The van der Waals surface area contributed by atoms with Crippen LogP contribution in [-0.4, -0.2) is 18.8 Å². The minimum absolute atomic E-state index is 0.642. The lowest BCUT2D eigenvalue weighted by atomic mass is 10.1. The van der Waals surface area contributed by atoms with Crippen LogP contribution >= 0.6 is 11.8 Å². The number of nitrogens with zero attached hydrogens (tertiary/aromatic N) is 1. The van der Waals surface area contributed by atoms with Gasteiger partial charge in [-0.05, 0) is 30.2 Å². The van der Waals surface area contributed by atoms with Gasteiger partial charge in [0.2, 0.25) is 0 Å². The number of benzene rings is 1. The van der Waals surface area contributed by atoms with E-state index in [1.54, 1.807) is 0 Å². The van der Waals surface area contributed by atoms with Crippen molar-refractivity contribution in [1.82, 2.24) is 0 Å². The summed E-state index contributed by atoms with van der Waals surface area (Å²) in [5, 5.41) is 0. The molecule has 0 bridgehead atoms. The van der Waals surface area contributed by atoms with Gasteiger partial charge in [0, 0.05) is 35.8 Å². The van der Waals surface area contributed by atoms with Crippen LogP contribution in [0.2, 0.25) is 0 Å². The first kappa shape index (κ1) is 12.8. The summed E-state index contributed by atoms with van der Waals surface area (Å²) in [5.41, 5.74) is 8.63. The van der Waals surface area contributed by atoms with Crippen molar-refractivity contribution >= 4 is 17.4 Å². The maximum Gasteiger partial charge on any atom is 0.0423 e. The van der Waals surface area contributed by atoms with Gasteiger partial charge in [-0.25, -0.2) is 0 Å². The summed E-state index contributed by atoms with van der Waals surface area (Å²) in [5.74, 6) is 1.91. The normalized spacial score (nSPS) is 19.9. The SMILES string of the molecule is CCSc1cccc(N2CCC(C)C2)c1CN. The molecule has 0 aliphatic carbocycles. The van der Waals surface area contributed by atoms with E-state index in [9.17, 15) is 0 Å². The van der Waals surface area contributed by atoms with Crippen molar-refractivity contribution in [3.63, 3.8) is 0 Å². The molecular formula is C14H22N2S. The van der Waals surface area contributed by atoms with Gasteiger partial charge in [0.05, 0.1) is 0 Å². The molecule has 2 nitrogen and oxygen atoms in total. The zero-order chi connectivity index (χ0) is 12.3. The first-order valence-electron chi connectivity index (χ1n) is 6.46. The van der Waals surface area contributed by atoms with Crippen molar-refractivity contribution in [3.05, 3.63) is 23.8 Å². The zero-order valence-electron chi connectivity index (χ0n) is 10.8. The van der Waals surface area contributed by atoms with Crippen molar-refractivity contribution in [1.29, 1.82) is 0 Å². The van der Waals surface area contributed by atoms with E-state index in [0.717, 1.165) is 11.7 Å². The molecule has 1 aliphatic rings. The van der Waals surface area contributed by atoms with Crippen LogP contribution in [0, 0.1) is 5.92 Å². The van der Waals surface area contributed by atoms with Gasteiger partial charge in [0.25, 0.3) is 0 Å². The summed E-state index contributed by atoms with van der Waals surface area (Å²) in [6.07, 6.45) is 1.30. The minimum atomic E-state index is 0.642. The van der Waals surface area contributed by atoms with Gasteiger partial charge >= 0.3 is 0 Å². The number of thioether (sulfide) groups is 1. The second-order valence-corrected chi connectivity index (χ2v) is 6.04. The maximum absolute atomic E-state index is 5.94. The Hall–Kier alpha value is -0.670. The summed E-state index contributed by atoms with van der Waals surface area (Å²) in [6.45, 7) is 7.51. The molecule has 1 atom stereocenters. The predicted octanol–water partition coefficient (Wildman–Crippen LogP) is 3.10. The molecule has 2 N–H and O–H groups in total. The van der Waals surface area contributed by atoms with Gasteiger partial charge in [-0.2, -0.15) is 0 Å². The molecule has 1 aromatic rings. The summed E-state index contributed by atoms with van der Waals surface area (Å²) in [6, 6.07) is 6.58. The fourth-order valence-electron chi connectivity index (χ4n) is 2.50. The van der Waals surface area contributed by atoms with Crippen molar-refractivity contribution in [2.45, 2.75) is 31.7 Å². The molecule has 0 spiro atoms. The Bertz CT molecular complexity index is 378. The first-order valence-corrected chi connectivity index (χ1v) is 7.44. The summed E-state index contributed by atoms with van der Waals surface area (Å²) in [7, 11) is 0. The number of hydrogen-bond donors (Lipinski definition) is 1. The molecule has 3 heteroatoms. The van der Waals surface area contributed by atoms with Crippen LogP contribution in [0.15, 0.2) is 23.1 Å². The number of hydrogen-bond acceptors (Lipinski definition) is 3. The Morgan fingerprint density at radius 3 is 2.88 bits per heavy atom. The first-order chi connectivity index (χ1) is 8.26. The second kappa shape index (κ2) is 5.78. The number of rotatable bonds is 4. The molecule has 1 aromatic carbocycles. The highest BCUT2D eigenvalue weighted by molar-refractivity contribution is 7.99. The van der Waals surface area contributed by atoms with Crippen molar-refractivity contribution in [3.8, 4) is 0 Å². The van der Waals surface area contributed by atoms with Gasteiger partial charge in [-0.3, -0.25) is 0 Å². The molecule has 1 fully saturated rings. The van der Waals surface area contributed by atoms with Crippen LogP contribution in [0.3, 0.4) is 0 Å². The van der Waals surface area contributed by atoms with E-state index in [0.29, 0.717) is 6.54 Å². The van der Waals surface area contributed by atoms with Crippen LogP contribution in [0.5, 0.6) is 0 Å². The number of nitrogens with two attached hydrogens (primary N) is 1. The van der Waals surface area contributed by atoms with Gasteiger partial charge < -0.3 is 10.6 Å². The molecular weight excluding hydrogens is 228 g/mol. The Labute approximate surface area is 109 Å². The quantitative estimate of drug-likeness (QED) is 0.833. The molecule has 1 unspecified atom stereocenters. The zero-order valence-corrected chi connectivity index (χ0v) is 11.6. The van der Waals surface area contributed by atoms with E-state index in [-0.39, 0.29) is 0 Å². The summed E-state index contributed by atoms with van der Waals surface area (Å²) >= 11 is 1.89. The van der Waals surface area contributed by atoms with Crippen LogP contribution in [0.25, 0.3) is 0 Å². The van der Waals surface area contributed by atoms with Gasteiger partial charge in [0.15, 0.2) is 0 Å². The molecule has 1 aliphatic heterocycles. The van der Waals surface area contributed by atoms with Crippen molar-refractivity contribution < 1.29 is 0 Å². The Balaban J connectivity index is 2.29. The van der Waals surface area contributed by atoms with E-state index < -0.39 is 0 Å². The van der Waals surface area contributed by atoms with Crippen LogP contribution < -0.4 is 10.6 Å². The van der Waals surface area contributed by atoms with E-state index in [1.807, 2.05) is 11.8 Å². The summed E-state index contributed by atoms with van der Waals surface area (Å²) in [4.78, 5) is 3.85. The largest absolute Gasteiger partial charge is 0.371 e. The molecule has 0 amide bonds. The van der Waals surface area contributed by atoms with Crippen molar-refractivity contribution in [2.24, 2.45) is 11.7 Å². The molecule has 0 aromatic heterocycles. The Morgan fingerprint density at radius 2 is 2.29 bits per heavy atom. The van der Waals surface area contributed by atoms with E-state index in [4.69, 9.17) is 5.73 Å². The third-order valence-corrected chi connectivity index (χ3v) is 4.36. The van der Waals surface area contributed by atoms with E-state index in [2.05, 4.69) is 36.9 Å². The molecule has 1 heterocycles. The molecule has 0 radical (unpaired) electrons. The molecule has 1 saturated heterocycles. The standard InChI is InChI=1S/C14H22N2S/c1-3-17-14-6-4-5-13(12(14)9-15)16-8-7-11(2)10-16/h4-6,11H,3,7-10,15H2,1-2H3. The van der Waals surface area contributed by atoms with Gasteiger partial charge in [0.1, 0.15) is 0 Å². The average molecular weight is 250 g/mol. The third-order valence-electron chi connectivity index (χ3n) is 3.38. The fraction of sp³-hybridized carbons (Fsp3) is 0.571. The molecule has 2 rings (SSSR count). The van der Waals surface area contributed by atoms with Crippen LogP contribution in [0.4, 0.5) is 5.69 Å². The van der Waals surface area contributed by atoms with Crippen LogP contribution in [0.1, 0.15) is 25.8 Å². The minimum Gasteiger partial charge on any atom is -0.371 e. The fourth-order valence-corrected chi connectivity index (χ4v) is 3.35. The van der Waals surface area contributed by atoms with Crippen molar-refractivity contribution in [2.75, 3.05) is 23.7 Å². The average Bonchev–Trinajstić information content (AvgIpc) is 2.76. The van der Waals surface area contributed by atoms with E-state index in [1.165, 1.54) is 35.7 Å². The highest BCUT2D eigenvalue weighted by atomic mass is 32.2. The molecule has 17 heavy (non-hydrogen) atoms. The van der Waals surface area contributed by atoms with E-state index >= 15 is 0 Å². The Kier molecular flexibility index (Phi) is 4.35. The second-order valence-electron chi connectivity index (χ2n) is 4.73. The van der Waals surface area contributed by atoms with Gasteiger partial charge in [-0.1, -0.05) is 19.9 Å². The lowest BCUT2D eigenvalue weighted by molar-refractivity contribution is 0.659. The third kappa shape index (κ3) is 2.78. The smallest absolute Gasteiger partial charge is 0.0423 e. The lowest BCUT2D eigenvalue weighted by Crippen LogP contribution is -2.21. The van der Waals surface area contributed by atoms with Gasteiger partial charge in [-0.15, -0.1) is 11.8 Å². The highest BCUT2D eigenvalue weighted by Crippen LogP contribution is 2.33. The topological polar surface area (TPSA) is 29.3 Å². The Morgan fingerprint density at radius 1 is 1.47 bits per heavy atom. The molecule has 0 saturated carbocycles. The molecule has 94 valence electrons.